The fourth-order valence-corrected chi connectivity index (χ4v) is 3.85. The molecule has 1 N–H and O–H groups in total. The van der Waals surface area contributed by atoms with Gasteiger partial charge in [0.1, 0.15) is 0 Å². The van der Waals surface area contributed by atoms with Crippen LogP contribution in [-0.4, -0.2) is 30.7 Å². The molecule has 3 aromatic rings. The number of Topliss-reactive ketones (excluding diaryl/α,β-unsaturated/α-hetero) is 2. The van der Waals surface area contributed by atoms with E-state index in [1.54, 1.807) is 60.7 Å². The van der Waals surface area contributed by atoms with Crippen LogP contribution in [0.4, 0.5) is 5.69 Å². The molecule has 4 rings (SSSR count). The van der Waals surface area contributed by atoms with Gasteiger partial charge in [0.15, 0.2) is 29.7 Å². The van der Waals surface area contributed by atoms with E-state index in [9.17, 15) is 14.4 Å². The third-order valence-electron chi connectivity index (χ3n) is 5.07. The van der Waals surface area contributed by atoms with E-state index in [-0.39, 0.29) is 28.8 Å². The molecule has 8 heteroatoms. The number of carbonyl (C=O) groups excluding carboxylic acids is 3. The van der Waals surface area contributed by atoms with Crippen molar-refractivity contribution in [2.24, 2.45) is 0 Å². The highest BCUT2D eigenvalue weighted by atomic mass is 35.5. The molecular formula is C26H19Cl2NO5. The molecule has 1 aliphatic rings. The Bertz CT molecular complexity index is 1300. The molecule has 3 aromatic carbocycles. The molecule has 0 saturated carbocycles. The number of halogens is 2. The number of hydrogen-bond donors (Lipinski definition) is 1. The summed E-state index contributed by atoms with van der Waals surface area (Å²) in [4.78, 5) is 37.6. The van der Waals surface area contributed by atoms with Crippen molar-refractivity contribution in [2.45, 2.75) is 6.92 Å². The second kappa shape index (κ2) is 10.1. The van der Waals surface area contributed by atoms with Crippen LogP contribution in [0.25, 0.3) is 6.08 Å². The molecule has 172 valence electrons. The lowest BCUT2D eigenvalue weighted by atomic mass is 10.1. The van der Waals surface area contributed by atoms with E-state index in [0.29, 0.717) is 45.5 Å². The van der Waals surface area contributed by atoms with Crippen LogP contribution in [0.15, 0.2) is 66.2 Å². The smallest absolute Gasteiger partial charge is 0.262 e. The number of rotatable bonds is 7. The largest absolute Gasteiger partial charge is 0.490 e. The van der Waals surface area contributed by atoms with Gasteiger partial charge in [-0.15, -0.1) is 0 Å². The molecule has 0 atom stereocenters. The van der Waals surface area contributed by atoms with E-state index in [1.807, 2.05) is 6.92 Å². The van der Waals surface area contributed by atoms with Crippen LogP contribution < -0.4 is 14.8 Å². The summed E-state index contributed by atoms with van der Waals surface area (Å²) in [6.07, 6.45) is 1.53. The maximum atomic E-state index is 12.7. The van der Waals surface area contributed by atoms with Crippen molar-refractivity contribution in [2.75, 3.05) is 18.5 Å². The first kappa shape index (κ1) is 23.5. The minimum atomic E-state index is -0.433. The zero-order chi connectivity index (χ0) is 24.2. The summed E-state index contributed by atoms with van der Waals surface area (Å²) in [5, 5.41) is 3.21. The van der Waals surface area contributed by atoms with E-state index >= 15 is 0 Å². The van der Waals surface area contributed by atoms with E-state index < -0.39 is 5.91 Å². The predicted molar refractivity (Wildman–Crippen MR) is 131 cm³/mol. The van der Waals surface area contributed by atoms with Crippen LogP contribution in [0.5, 0.6) is 11.5 Å². The first-order chi connectivity index (χ1) is 16.4. The zero-order valence-corrected chi connectivity index (χ0v) is 19.6. The minimum Gasteiger partial charge on any atom is -0.490 e. The van der Waals surface area contributed by atoms with Crippen LogP contribution >= 0.6 is 23.2 Å². The standard InChI is InChI=1S/C26H19Cl2NO5/c1-2-33-22-13-15(12-18-25(31)16-6-3-4-7-17(16)26(18)32)10-11-21(22)34-14-23(30)29-20-9-5-8-19(27)24(20)28/h3-13H,2,14H2,1H3,(H,29,30). The quantitative estimate of drug-likeness (QED) is 0.327. The Balaban J connectivity index is 1.50. The lowest BCUT2D eigenvalue weighted by Gasteiger charge is -2.13. The number of ketones is 2. The van der Waals surface area contributed by atoms with Crippen molar-refractivity contribution in [1.82, 2.24) is 0 Å². The number of nitrogens with one attached hydrogen (secondary N) is 1. The van der Waals surface area contributed by atoms with Gasteiger partial charge in [-0.25, -0.2) is 0 Å². The topological polar surface area (TPSA) is 81.7 Å². The van der Waals surface area contributed by atoms with Gasteiger partial charge in [-0.2, -0.15) is 0 Å². The average Bonchev–Trinajstić information content (AvgIpc) is 3.07. The highest BCUT2D eigenvalue weighted by molar-refractivity contribution is 6.44. The molecule has 6 nitrogen and oxygen atoms in total. The maximum Gasteiger partial charge on any atom is 0.262 e. The Morgan fingerprint density at radius 2 is 1.62 bits per heavy atom. The normalized spacial score (nSPS) is 12.4. The van der Waals surface area contributed by atoms with Crippen molar-refractivity contribution in [1.29, 1.82) is 0 Å². The fraction of sp³-hybridized carbons (Fsp3) is 0.115. The Hall–Kier alpha value is -3.61. The summed E-state index contributed by atoms with van der Waals surface area (Å²) in [7, 11) is 0. The number of allylic oxidation sites excluding steroid dienone is 1. The lowest BCUT2D eigenvalue weighted by Crippen LogP contribution is -2.20. The zero-order valence-electron chi connectivity index (χ0n) is 18.1. The van der Waals surface area contributed by atoms with Gasteiger partial charge >= 0.3 is 0 Å². The van der Waals surface area contributed by atoms with Crippen molar-refractivity contribution < 1.29 is 23.9 Å². The fourth-order valence-electron chi connectivity index (χ4n) is 3.50. The summed E-state index contributed by atoms with van der Waals surface area (Å²) in [6.45, 7) is 1.86. The van der Waals surface area contributed by atoms with Gasteiger partial charge < -0.3 is 14.8 Å². The van der Waals surface area contributed by atoms with E-state index in [4.69, 9.17) is 32.7 Å². The first-order valence-corrected chi connectivity index (χ1v) is 11.2. The first-order valence-electron chi connectivity index (χ1n) is 10.4. The van der Waals surface area contributed by atoms with E-state index in [2.05, 4.69) is 5.32 Å². The Morgan fingerprint density at radius 3 is 2.29 bits per heavy atom. The van der Waals surface area contributed by atoms with Gasteiger partial charge in [0, 0.05) is 11.1 Å². The number of anilines is 1. The van der Waals surface area contributed by atoms with Crippen LogP contribution in [0, 0.1) is 0 Å². The molecule has 0 unspecified atom stereocenters. The van der Waals surface area contributed by atoms with Crippen LogP contribution in [-0.2, 0) is 4.79 Å². The van der Waals surface area contributed by atoms with Crippen LogP contribution in [0.2, 0.25) is 10.0 Å². The van der Waals surface area contributed by atoms with E-state index in [1.165, 1.54) is 6.08 Å². The van der Waals surface area contributed by atoms with Crippen molar-refractivity contribution in [3.05, 3.63) is 93.0 Å². The summed E-state index contributed by atoms with van der Waals surface area (Å²) >= 11 is 12.1. The number of fused-ring (bicyclic) bond motifs is 1. The van der Waals surface area contributed by atoms with Gasteiger partial charge in [-0.05, 0) is 42.8 Å². The predicted octanol–water partition coefficient (Wildman–Crippen LogP) is 5.87. The molecule has 0 spiro atoms. The van der Waals surface area contributed by atoms with Gasteiger partial charge in [0.25, 0.3) is 5.91 Å². The molecule has 0 saturated heterocycles. The van der Waals surface area contributed by atoms with Crippen molar-refractivity contribution in [3.63, 3.8) is 0 Å². The van der Waals surface area contributed by atoms with Gasteiger partial charge in [0.05, 0.1) is 27.9 Å². The number of benzene rings is 3. The third-order valence-corrected chi connectivity index (χ3v) is 5.89. The summed E-state index contributed by atoms with van der Waals surface area (Å²) < 4.78 is 11.3. The highest BCUT2D eigenvalue weighted by Crippen LogP contribution is 2.33. The SMILES string of the molecule is CCOc1cc(C=C2C(=O)c3ccccc3C2=O)ccc1OCC(=O)Nc1cccc(Cl)c1Cl. The summed E-state index contributed by atoms with van der Waals surface area (Å²) in [5.74, 6) is -0.340. The molecular weight excluding hydrogens is 477 g/mol. The lowest BCUT2D eigenvalue weighted by molar-refractivity contribution is -0.118. The molecule has 0 aromatic heterocycles. The van der Waals surface area contributed by atoms with Gasteiger partial charge in [-0.3, -0.25) is 14.4 Å². The van der Waals surface area contributed by atoms with Crippen molar-refractivity contribution >= 4 is 52.4 Å². The summed E-state index contributed by atoms with van der Waals surface area (Å²) in [5.41, 5.74) is 1.86. The number of carbonyl (C=O) groups is 3. The third kappa shape index (κ3) is 4.83. The van der Waals surface area contributed by atoms with Gasteiger partial charge in [0.2, 0.25) is 0 Å². The molecule has 0 radical (unpaired) electrons. The molecule has 0 aliphatic heterocycles. The number of amides is 1. The Kier molecular flexibility index (Phi) is 7.01. The second-order valence-electron chi connectivity index (χ2n) is 7.34. The second-order valence-corrected chi connectivity index (χ2v) is 8.12. The van der Waals surface area contributed by atoms with Crippen LogP contribution in [0.3, 0.4) is 0 Å². The molecule has 1 amide bonds. The number of ether oxygens (including phenoxy) is 2. The summed E-state index contributed by atoms with van der Waals surface area (Å²) in [6, 6.07) is 16.6. The number of hydrogen-bond acceptors (Lipinski definition) is 5. The molecule has 1 aliphatic carbocycles. The van der Waals surface area contributed by atoms with Crippen LogP contribution in [0.1, 0.15) is 33.2 Å². The minimum absolute atomic E-state index is 0.0927. The highest BCUT2D eigenvalue weighted by Gasteiger charge is 2.32. The molecule has 0 fully saturated rings. The van der Waals surface area contributed by atoms with E-state index in [0.717, 1.165) is 0 Å². The monoisotopic (exact) mass is 495 g/mol. The van der Waals surface area contributed by atoms with Gasteiger partial charge in [-0.1, -0.05) is 59.6 Å². The Morgan fingerprint density at radius 1 is 0.912 bits per heavy atom. The molecule has 0 bridgehead atoms. The maximum absolute atomic E-state index is 12.7. The molecule has 34 heavy (non-hydrogen) atoms. The molecule has 0 heterocycles. The average molecular weight is 496 g/mol. The van der Waals surface area contributed by atoms with Crippen molar-refractivity contribution in [3.8, 4) is 11.5 Å². The Labute approximate surface area is 206 Å².